The molecular weight excluding hydrogens is 250 g/mol. The van der Waals surface area contributed by atoms with Crippen LogP contribution in [0.2, 0.25) is 0 Å². The fourth-order valence-corrected chi connectivity index (χ4v) is 1.54. The van der Waals surface area contributed by atoms with Crippen molar-refractivity contribution in [1.29, 1.82) is 0 Å². The Morgan fingerprint density at radius 1 is 1.47 bits per heavy atom. The number of nitro groups is 1. The van der Waals surface area contributed by atoms with Gasteiger partial charge < -0.3 is 9.84 Å². The van der Waals surface area contributed by atoms with Crippen LogP contribution in [-0.4, -0.2) is 28.7 Å². The molecular formula is C13H17NO5. The zero-order valence-corrected chi connectivity index (χ0v) is 10.9. The zero-order chi connectivity index (χ0) is 14.4. The number of hydrogen-bond acceptors (Lipinski definition) is 4. The van der Waals surface area contributed by atoms with E-state index in [0.29, 0.717) is 12.2 Å². The Kier molecular flexibility index (Phi) is 5.44. The molecule has 0 fully saturated rings. The lowest BCUT2D eigenvalue weighted by Gasteiger charge is -2.15. The highest BCUT2D eigenvalue weighted by Gasteiger charge is 2.20. The molecule has 0 unspecified atom stereocenters. The number of benzene rings is 1. The average molecular weight is 267 g/mol. The Balaban J connectivity index is 2.76. The van der Waals surface area contributed by atoms with Gasteiger partial charge >= 0.3 is 5.97 Å². The standard InChI is InChI=1S/C13H17NO5/c1-9(2)8-19-12(13(15)16)7-10-4-3-5-11(6-10)14(17)18/h3-6,9,12H,7-8H2,1-2H3,(H,15,16)/t12-/m1/s1. The number of aliphatic carboxylic acids is 1. The van der Waals surface area contributed by atoms with Gasteiger partial charge in [0.1, 0.15) is 0 Å². The zero-order valence-electron chi connectivity index (χ0n) is 10.9. The molecule has 0 amide bonds. The second-order valence-electron chi connectivity index (χ2n) is 4.69. The van der Waals surface area contributed by atoms with Gasteiger partial charge in [0.05, 0.1) is 11.5 Å². The molecule has 1 atom stereocenters. The predicted octanol–water partition coefficient (Wildman–Crippen LogP) is 2.26. The first-order valence-electron chi connectivity index (χ1n) is 5.98. The highest BCUT2D eigenvalue weighted by Crippen LogP contribution is 2.15. The van der Waals surface area contributed by atoms with Crippen LogP contribution in [-0.2, 0) is 16.0 Å². The number of non-ortho nitro benzene ring substituents is 1. The molecule has 0 bridgehead atoms. The third-order valence-electron chi connectivity index (χ3n) is 2.45. The first-order chi connectivity index (χ1) is 8.90. The molecule has 1 aromatic rings. The van der Waals surface area contributed by atoms with Crippen molar-refractivity contribution in [2.24, 2.45) is 5.92 Å². The van der Waals surface area contributed by atoms with E-state index in [1.807, 2.05) is 13.8 Å². The number of carboxylic acid groups (broad SMARTS) is 1. The number of hydrogen-bond donors (Lipinski definition) is 1. The molecule has 19 heavy (non-hydrogen) atoms. The van der Waals surface area contributed by atoms with Crippen molar-refractivity contribution < 1.29 is 19.6 Å². The van der Waals surface area contributed by atoms with Crippen molar-refractivity contribution in [2.45, 2.75) is 26.4 Å². The number of nitro benzene ring substituents is 1. The largest absolute Gasteiger partial charge is 0.479 e. The monoisotopic (exact) mass is 267 g/mol. The summed E-state index contributed by atoms with van der Waals surface area (Å²) in [6, 6.07) is 5.93. The molecule has 0 aliphatic carbocycles. The van der Waals surface area contributed by atoms with E-state index in [2.05, 4.69) is 0 Å². The lowest BCUT2D eigenvalue weighted by atomic mass is 10.1. The van der Waals surface area contributed by atoms with Crippen molar-refractivity contribution in [3.8, 4) is 0 Å². The summed E-state index contributed by atoms with van der Waals surface area (Å²) in [6.45, 7) is 4.18. The van der Waals surface area contributed by atoms with Crippen molar-refractivity contribution in [2.75, 3.05) is 6.61 Å². The van der Waals surface area contributed by atoms with Gasteiger partial charge in [-0.25, -0.2) is 4.79 Å². The number of carbonyl (C=O) groups is 1. The highest BCUT2D eigenvalue weighted by molar-refractivity contribution is 5.72. The van der Waals surface area contributed by atoms with E-state index in [1.54, 1.807) is 6.07 Å². The molecule has 0 spiro atoms. The van der Waals surface area contributed by atoms with Crippen molar-refractivity contribution >= 4 is 11.7 Å². The second-order valence-corrected chi connectivity index (χ2v) is 4.69. The number of rotatable bonds is 7. The minimum Gasteiger partial charge on any atom is -0.479 e. The van der Waals surface area contributed by atoms with E-state index in [0.717, 1.165) is 0 Å². The van der Waals surface area contributed by atoms with E-state index in [4.69, 9.17) is 9.84 Å². The lowest BCUT2D eigenvalue weighted by molar-refractivity contribution is -0.384. The van der Waals surface area contributed by atoms with Crippen LogP contribution in [0.5, 0.6) is 0 Å². The normalized spacial score (nSPS) is 12.4. The molecule has 0 aromatic heterocycles. The molecule has 1 N–H and O–H groups in total. The summed E-state index contributed by atoms with van der Waals surface area (Å²) in [5, 5.41) is 19.7. The molecule has 0 saturated carbocycles. The van der Waals surface area contributed by atoms with Gasteiger partial charge in [-0.1, -0.05) is 26.0 Å². The maximum absolute atomic E-state index is 11.1. The van der Waals surface area contributed by atoms with Gasteiger partial charge in [-0.3, -0.25) is 10.1 Å². The smallest absolute Gasteiger partial charge is 0.333 e. The van der Waals surface area contributed by atoms with Crippen LogP contribution in [0.15, 0.2) is 24.3 Å². The summed E-state index contributed by atoms with van der Waals surface area (Å²) >= 11 is 0. The first kappa shape index (κ1) is 15.1. The fourth-order valence-electron chi connectivity index (χ4n) is 1.54. The Labute approximate surface area is 111 Å². The molecule has 6 heteroatoms. The molecule has 1 aromatic carbocycles. The summed E-state index contributed by atoms with van der Waals surface area (Å²) in [7, 11) is 0. The average Bonchev–Trinajstić information content (AvgIpc) is 2.34. The minimum atomic E-state index is -1.06. The summed E-state index contributed by atoms with van der Waals surface area (Å²) in [5.41, 5.74) is 0.524. The molecule has 0 aliphatic heterocycles. The van der Waals surface area contributed by atoms with Crippen molar-refractivity contribution in [1.82, 2.24) is 0 Å². The SMILES string of the molecule is CC(C)CO[C@H](Cc1cccc([N+](=O)[O-])c1)C(=O)O. The van der Waals surface area contributed by atoms with Gasteiger partial charge in [0.2, 0.25) is 0 Å². The summed E-state index contributed by atoms with van der Waals surface area (Å²) in [6.07, 6.45) is -0.867. The summed E-state index contributed by atoms with van der Waals surface area (Å²) in [5.74, 6) is -0.834. The Morgan fingerprint density at radius 3 is 2.68 bits per heavy atom. The third-order valence-corrected chi connectivity index (χ3v) is 2.45. The van der Waals surface area contributed by atoms with Crippen LogP contribution in [0.25, 0.3) is 0 Å². The van der Waals surface area contributed by atoms with Gasteiger partial charge in [0.15, 0.2) is 6.10 Å². The summed E-state index contributed by atoms with van der Waals surface area (Å²) < 4.78 is 5.30. The topological polar surface area (TPSA) is 89.7 Å². The Bertz CT molecular complexity index is 458. The number of ether oxygens (including phenoxy) is 1. The van der Waals surface area contributed by atoms with Crippen LogP contribution in [0, 0.1) is 16.0 Å². The van der Waals surface area contributed by atoms with Gasteiger partial charge in [0, 0.05) is 18.6 Å². The minimum absolute atomic E-state index is 0.0505. The Hall–Kier alpha value is -1.95. The van der Waals surface area contributed by atoms with Crippen LogP contribution >= 0.6 is 0 Å². The van der Waals surface area contributed by atoms with Gasteiger partial charge in [-0.2, -0.15) is 0 Å². The van der Waals surface area contributed by atoms with E-state index in [-0.39, 0.29) is 18.0 Å². The van der Waals surface area contributed by atoms with Crippen molar-refractivity contribution in [3.63, 3.8) is 0 Å². The van der Waals surface area contributed by atoms with Gasteiger partial charge in [0.25, 0.3) is 5.69 Å². The third kappa shape index (κ3) is 5.05. The molecule has 0 radical (unpaired) electrons. The fraction of sp³-hybridized carbons (Fsp3) is 0.462. The molecule has 0 aliphatic rings. The summed E-state index contributed by atoms with van der Waals surface area (Å²) in [4.78, 5) is 21.2. The van der Waals surface area contributed by atoms with E-state index < -0.39 is 17.0 Å². The number of nitrogens with zero attached hydrogens (tertiary/aromatic N) is 1. The molecule has 6 nitrogen and oxygen atoms in total. The van der Waals surface area contributed by atoms with E-state index in [1.165, 1.54) is 18.2 Å². The maximum Gasteiger partial charge on any atom is 0.333 e. The molecule has 0 saturated heterocycles. The van der Waals surface area contributed by atoms with Gasteiger partial charge in [-0.05, 0) is 11.5 Å². The van der Waals surface area contributed by atoms with E-state index >= 15 is 0 Å². The van der Waals surface area contributed by atoms with Crippen LogP contribution in [0.4, 0.5) is 5.69 Å². The van der Waals surface area contributed by atoms with E-state index in [9.17, 15) is 14.9 Å². The number of carboxylic acids is 1. The highest BCUT2D eigenvalue weighted by atomic mass is 16.6. The quantitative estimate of drug-likeness (QED) is 0.604. The first-order valence-corrected chi connectivity index (χ1v) is 5.98. The lowest BCUT2D eigenvalue weighted by Crippen LogP contribution is -2.28. The van der Waals surface area contributed by atoms with Crippen LogP contribution in [0.3, 0.4) is 0 Å². The predicted molar refractivity (Wildman–Crippen MR) is 69.0 cm³/mol. The van der Waals surface area contributed by atoms with Crippen molar-refractivity contribution in [3.05, 3.63) is 39.9 Å². The van der Waals surface area contributed by atoms with Crippen LogP contribution in [0.1, 0.15) is 19.4 Å². The Morgan fingerprint density at radius 2 is 2.16 bits per heavy atom. The molecule has 1 rings (SSSR count). The maximum atomic E-state index is 11.1. The second kappa shape index (κ2) is 6.84. The van der Waals surface area contributed by atoms with Crippen LogP contribution < -0.4 is 0 Å². The molecule has 104 valence electrons. The molecule has 0 heterocycles. The van der Waals surface area contributed by atoms with Gasteiger partial charge in [-0.15, -0.1) is 0 Å².